The largest absolute Gasteiger partial charge is 0.332 e. The molecule has 162 valence electrons. The number of amides is 1. The summed E-state index contributed by atoms with van der Waals surface area (Å²) in [5, 5.41) is 3.28. The van der Waals surface area contributed by atoms with Crippen molar-refractivity contribution in [2.24, 2.45) is 0 Å². The molecule has 1 amide bonds. The van der Waals surface area contributed by atoms with Gasteiger partial charge in [-0.25, -0.2) is 9.78 Å². The summed E-state index contributed by atoms with van der Waals surface area (Å²) >= 11 is 6.13. The number of rotatable bonds is 5. The number of carbonyl (C=O) groups is 1. The van der Waals surface area contributed by atoms with Crippen LogP contribution in [0.5, 0.6) is 0 Å². The number of halogens is 1. The van der Waals surface area contributed by atoms with E-state index in [2.05, 4.69) is 10.3 Å². The maximum atomic E-state index is 13.3. The zero-order valence-electron chi connectivity index (χ0n) is 17.6. The third-order valence-electron chi connectivity index (χ3n) is 5.21. The molecule has 2 heterocycles. The molecule has 1 N–H and O–H groups in total. The van der Waals surface area contributed by atoms with Gasteiger partial charge < -0.3 is 5.32 Å². The van der Waals surface area contributed by atoms with Gasteiger partial charge in [-0.2, -0.15) is 0 Å². The van der Waals surface area contributed by atoms with Crippen LogP contribution in [0.15, 0.2) is 70.4 Å². The number of aryl methyl sites for hydroxylation is 2. The first-order valence-electron chi connectivity index (χ1n) is 10.0. The number of pyridine rings is 1. The average molecular weight is 449 g/mol. The van der Waals surface area contributed by atoms with E-state index in [9.17, 15) is 14.4 Å². The van der Waals surface area contributed by atoms with Crippen LogP contribution in [-0.2, 0) is 17.9 Å². The zero-order chi connectivity index (χ0) is 22.8. The molecule has 0 saturated heterocycles. The molecule has 0 spiro atoms. The molecule has 0 fully saturated rings. The van der Waals surface area contributed by atoms with Crippen LogP contribution in [0, 0.1) is 13.8 Å². The normalized spacial score (nSPS) is 11.0. The van der Waals surface area contributed by atoms with Gasteiger partial charge in [0.2, 0.25) is 5.91 Å². The number of benzene rings is 2. The lowest BCUT2D eigenvalue weighted by molar-refractivity contribution is -0.116. The van der Waals surface area contributed by atoms with E-state index in [-0.39, 0.29) is 18.6 Å². The summed E-state index contributed by atoms with van der Waals surface area (Å²) in [6.07, 6.45) is 1.49. The first-order chi connectivity index (χ1) is 15.3. The Balaban J connectivity index is 1.73. The highest BCUT2D eigenvalue weighted by Crippen LogP contribution is 2.20. The molecule has 0 saturated carbocycles. The third kappa shape index (κ3) is 4.33. The van der Waals surface area contributed by atoms with Gasteiger partial charge >= 0.3 is 5.69 Å². The molecule has 0 aliphatic rings. The van der Waals surface area contributed by atoms with Gasteiger partial charge in [0.15, 0.2) is 5.52 Å². The average Bonchev–Trinajstić information content (AvgIpc) is 2.78. The zero-order valence-corrected chi connectivity index (χ0v) is 18.4. The predicted octanol–water partition coefficient (Wildman–Crippen LogP) is 3.52. The van der Waals surface area contributed by atoms with E-state index >= 15 is 0 Å². The Morgan fingerprint density at radius 2 is 1.78 bits per heavy atom. The summed E-state index contributed by atoms with van der Waals surface area (Å²) in [5.74, 6) is -0.419. The van der Waals surface area contributed by atoms with E-state index in [0.29, 0.717) is 16.2 Å². The second-order valence-corrected chi connectivity index (χ2v) is 8.04. The number of nitrogens with one attached hydrogen (secondary N) is 1. The van der Waals surface area contributed by atoms with Crippen molar-refractivity contribution in [3.63, 3.8) is 0 Å². The van der Waals surface area contributed by atoms with Gasteiger partial charge in [-0.05, 0) is 49.2 Å². The Hall–Kier alpha value is -3.71. The Bertz CT molecular complexity index is 1440. The first kappa shape index (κ1) is 21.5. The molecule has 4 rings (SSSR count). The fraction of sp³-hybridized carbons (Fsp3) is 0.167. The van der Waals surface area contributed by atoms with Gasteiger partial charge in [-0.15, -0.1) is 0 Å². The lowest BCUT2D eigenvalue weighted by Gasteiger charge is -2.14. The molecule has 0 radical (unpaired) electrons. The quantitative estimate of drug-likeness (QED) is 0.506. The van der Waals surface area contributed by atoms with Crippen LogP contribution in [0.2, 0.25) is 5.02 Å². The van der Waals surface area contributed by atoms with Crippen LogP contribution >= 0.6 is 11.6 Å². The maximum absolute atomic E-state index is 13.3. The molecular weight excluding hydrogens is 428 g/mol. The van der Waals surface area contributed by atoms with Crippen LogP contribution in [0.1, 0.15) is 16.7 Å². The molecule has 7 nitrogen and oxygen atoms in total. The Kier molecular flexibility index (Phi) is 5.92. The number of hydrogen-bond donors (Lipinski definition) is 1. The van der Waals surface area contributed by atoms with Gasteiger partial charge in [0.05, 0.1) is 12.1 Å². The molecule has 0 bridgehead atoms. The number of carbonyl (C=O) groups excluding carboxylic acids is 1. The minimum atomic E-state index is -0.576. The second-order valence-electron chi connectivity index (χ2n) is 7.63. The molecular formula is C24H21ClN4O3. The number of aromatic nitrogens is 3. The van der Waals surface area contributed by atoms with Crippen LogP contribution in [0.3, 0.4) is 0 Å². The van der Waals surface area contributed by atoms with Crippen LogP contribution < -0.4 is 16.6 Å². The van der Waals surface area contributed by atoms with Crippen molar-refractivity contribution < 1.29 is 4.79 Å². The predicted molar refractivity (Wildman–Crippen MR) is 125 cm³/mol. The minimum absolute atomic E-state index is 0.0830. The minimum Gasteiger partial charge on any atom is -0.324 e. The molecule has 2 aromatic carbocycles. The maximum Gasteiger partial charge on any atom is 0.332 e. The molecule has 2 aromatic heterocycles. The van der Waals surface area contributed by atoms with Crippen molar-refractivity contribution in [3.05, 3.63) is 103 Å². The highest BCUT2D eigenvalue weighted by Gasteiger charge is 2.16. The van der Waals surface area contributed by atoms with Crippen molar-refractivity contribution in [3.8, 4) is 0 Å². The number of anilines is 1. The third-order valence-corrected chi connectivity index (χ3v) is 5.61. The van der Waals surface area contributed by atoms with Gasteiger partial charge in [0, 0.05) is 16.9 Å². The standard InChI is InChI=1S/C24H21ClN4O3/c1-15-5-8-17(9-6-15)13-29-23(31)22-20(4-3-11-26-22)28(24(29)32)14-21(30)27-18-10-7-16(2)19(25)12-18/h3-12H,13-14H2,1-2H3,(H,27,30). The molecule has 0 aliphatic heterocycles. The summed E-state index contributed by atoms with van der Waals surface area (Å²) in [5.41, 5.74) is 2.66. The fourth-order valence-electron chi connectivity index (χ4n) is 3.43. The monoisotopic (exact) mass is 448 g/mol. The van der Waals surface area contributed by atoms with E-state index < -0.39 is 17.2 Å². The van der Waals surface area contributed by atoms with Crippen LogP contribution in [0.4, 0.5) is 5.69 Å². The van der Waals surface area contributed by atoms with Gasteiger partial charge in [0.25, 0.3) is 5.56 Å². The molecule has 8 heteroatoms. The van der Waals surface area contributed by atoms with Crippen LogP contribution in [-0.4, -0.2) is 20.0 Å². The van der Waals surface area contributed by atoms with E-state index in [1.807, 2.05) is 38.1 Å². The smallest absolute Gasteiger partial charge is 0.324 e. The summed E-state index contributed by atoms with van der Waals surface area (Å²) in [7, 11) is 0. The van der Waals surface area contributed by atoms with E-state index in [0.717, 1.165) is 21.3 Å². The number of nitrogens with zero attached hydrogens (tertiary/aromatic N) is 3. The Morgan fingerprint density at radius 1 is 1.03 bits per heavy atom. The van der Waals surface area contributed by atoms with Crippen molar-refractivity contribution in [1.29, 1.82) is 0 Å². The number of fused-ring (bicyclic) bond motifs is 1. The van der Waals surface area contributed by atoms with Gasteiger partial charge in [0.1, 0.15) is 6.54 Å². The van der Waals surface area contributed by atoms with Crippen molar-refractivity contribution >= 4 is 34.2 Å². The summed E-state index contributed by atoms with van der Waals surface area (Å²) in [6, 6.07) is 16.0. The Labute approximate surface area is 188 Å². The van der Waals surface area contributed by atoms with Crippen molar-refractivity contribution in [2.75, 3.05) is 5.32 Å². The molecule has 32 heavy (non-hydrogen) atoms. The summed E-state index contributed by atoms with van der Waals surface area (Å²) < 4.78 is 2.37. The summed E-state index contributed by atoms with van der Waals surface area (Å²) in [4.78, 5) is 43.2. The van der Waals surface area contributed by atoms with E-state index in [1.54, 1.807) is 30.3 Å². The van der Waals surface area contributed by atoms with Gasteiger partial charge in [-0.3, -0.25) is 18.7 Å². The highest BCUT2D eigenvalue weighted by molar-refractivity contribution is 6.31. The van der Waals surface area contributed by atoms with Crippen molar-refractivity contribution in [1.82, 2.24) is 14.1 Å². The van der Waals surface area contributed by atoms with Gasteiger partial charge in [-0.1, -0.05) is 47.5 Å². The molecule has 0 aliphatic carbocycles. The van der Waals surface area contributed by atoms with E-state index in [4.69, 9.17) is 11.6 Å². The second kappa shape index (κ2) is 8.80. The summed E-state index contributed by atoms with van der Waals surface area (Å²) in [6.45, 7) is 3.63. The van der Waals surface area contributed by atoms with Crippen molar-refractivity contribution in [2.45, 2.75) is 26.9 Å². The van der Waals surface area contributed by atoms with Crippen LogP contribution in [0.25, 0.3) is 11.0 Å². The fourth-order valence-corrected chi connectivity index (χ4v) is 3.61. The highest BCUT2D eigenvalue weighted by atomic mass is 35.5. The molecule has 4 aromatic rings. The SMILES string of the molecule is Cc1ccc(Cn2c(=O)c3ncccc3n(CC(=O)Nc3ccc(C)c(Cl)c3)c2=O)cc1. The number of hydrogen-bond acceptors (Lipinski definition) is 4. The Morgan fingerprint density at radius 3 is 2.50 bits per heavy atom. The molecule has 0 unspecified atom stereocenters. The lowest BCUT2D eigenvalue weighted by atomic mass is 10.1. The lowest BCUT2D eigenvalue weighted by Crippen LogP contribution is -2.42. The topological polar surface area (TPSA) is 86.0 Å². The molecule has 0 atom stereocenters. The van der Waals surface area contributed by atoms with E-state index in [1.165, 1.54) is 10.8 Å². The first-order valence-corrected chi connectivity index (χ1v) is 10.4.